The molecule has 0 unspecified atom stereocenters. The summed E-state index contributed by atoms with van der Waals surface area (Å²) in [5.41, 5.74) is 1.03. The predicted molar refractivity (Wildman–Crippen MR) is 74.9 cm³/mol. The molecule has 0 amide bonds. The Bertz CT molecular complexity index is 393. The normalized spacial score (nSPS) is 11.3. The highest BCUT2D eigenvalue weighted by molar-refractivity contribution is 5.69. The van der Waals surface area contributed by atoms with E-state index < -0.39 is 0 Å². The van der Waals surface area contributed by atoms with Crippen molar-refractivity contribution in [3.8, 4) is 5.75 Å². The third kappa shape index (κ3) is 7.47. The van der Waals surface area contributed by atoms with Crippen LogP contribution in [0.5, 0.6) is 5.75 Å². The molecular weight excluding hydrogens is 242 g/mol. The molecule has 0 saturated carbocycles. The summed E-state index contributed by atoms with van der Waals surface area (Å²) in [5.74, 6) is 0.0844. The Morgan fingerprint density at radius 3 is 2.42 bits per heavy atom. The number of aromatic hydroxyl groups is 1. The van der Waals surface area contributed by atoms with Crippen molar-refractivity contribution in [3.63, 3.8) is 0 Å². The number of carbonyl (C=O) groups excluding carboxylic acids is 1. The van der Waals surface area contributed by atoms with Crippen molar-refractivity contribution in [1.29, 1.82) is 0 Å². The van der Waals surface area contributed by atoms with E-state index in [4.69, 9.17) is 9.84 Å². The van der Waals surface area contributed by atoms with Crippen molar-refractivity contribution in [2.24, 2.45) is 0 Å². The monoisotopic (exact) mass is 266 g/mol. The molecule has 1 N–H and O–H groups in total. The molecule has 0 spiro atoms. The molecular formula is C15H24NO3+. The van der Waals surface area contributed by atoms with Crippen LogP contribution in [0.4, 0.5) is 0 Å². The Morgan fingerprint density at radius 2 is 1.84 bits per heavy atom. The van der Waals surface area contributed by atoms with Gasteiger partial charge in [0.15, 0.2) is 0 Å². The minimum atomic E-state index is -0.158. The zero-order valence-corrected chi connectivity index (χ0v) is 12.1. The minimum absolute atomic E-state index is 0.158. The van der Waals surface area contributed by atoms with Gasteiger partial charge in [0.05, 0.1) is 34.3 Å². The molecule has 1 aromatic carbocycles. The Morgan fingerprint density at radius 1 is 1.21 bits per heavy atom. The first-order valence-corrected chi connectivity index (χ1v) is 6.61. The maximum Gasteiger partial charge on any atom is 0.306 e. The minimum Gasteiger partial charge on any atom is -0.508 e. The Balaban J connectivity index is 2.16. The van der Waals surface area contributed by atoms with E-state index in [-0.39, 0.29) is 11.7 Å². The second kappa shape index (κ2) is 7.14. The maximum absolute atomic E-state index is 11.5. The van der Waals surface area contributed by atoms with Crippen molar-refractivity contribution in [3.05, 3.63) is 29.8 Å². The summed E-state index contributed by atoms with van der Waals surface area (Å²) < 4.78 is 6.06. The van der Waals surface area contributed by atoms with E-state index in [1.807, 2.05) is 12.1 Å². The van der Waals surface area contributed by atoms with Gasteiger partial charge >= 0.3 is 5.97 Å². The second-order valence-corrected chi connectivity index (χ2v) is 5.75. The summed E-state index contributed by atoms with van der Waals surface area (Å²) in [4.78, 5) is 11.5. The SMILES string of the molecule is C[N+](C)(C)CCCOC(=O)CCc1ccc(O)cc1. The largest absolute Gasteiger partial charge is 0.508 e. The number of phenolic OH excluding ortho intramolecular Hbond substituents is 1. The molecule has 4 heteroatoms. The van der Waals surface area contributed by atoms with Crippen LogP contribution in [0.3, 0.4) is 0 Å². The van der Waals surface area contributed by atoms with Crippen LogP contribution in [0.15, 0.2) is 24.3 Å². The summed E-state index contributed by atoms with van der Waals surface area (Å²) in [6.07, 6.45) is 1.91. The first kappa shape index (κ1) is 15.5. The number of quaternary nitrogens is 1. The third-order valence-electron chi connectivity index (χ3n) is 2.79. The highest BCUT2D eigenvalue weighted by Crippen LogP contribution is 2.11. The standard InChI is InChI=1S/C15H23NO3/c1-16(2,3)11-4-12-19-15(18)10-7-13-5-8-14(17)9-6-13/h5-6,8-9H,4,7,10-12H2,1-3H3/p+1. The fraction of sp³-hybridized carbons (Fsp3) is 0.533. The van der Waals surface area contributed by atoms with Crippen LogP contribution in [-0.4, -0.2) is 49.9 Å². The number of hydrogen-bond donors (Lipinski definition) is 1. The number of ether oxygens (including phenoxy) is 1. The molecule has 0 atom stereocenters. The number of rotatable bonds is 7. The van der Waals surface area contributed by atoms with Gasteiger partial charge in [-0.3, -0.25) is 4.79 Å². The summed E-state index contributed by atoms with van der Waals surface area (Å²) >= 11 is 0. The highest BCUT2D eigenvalue weighted by Gasteiger charge is 2.08. The first-order chi connectivity index (χ1) is 8.87. The molecule has 19 heavy (non-hydrogen) atoms. The second-order valence-electron chi connectivity index (χ2n) is 5.75. The van der Waals surface area contributed by atoms with Crippen LogP contribution in [-0.2, 0) is 16.0 Å². The lowest BCUT2D eigenvalue weighted by atomic mass is 10.1. The van der Waals surface area contributed by atoms with Gasteiger partial charge in [-0.25, -0.2) is 0 Å². The number of phenols is 1. The lowest BCUT2D eigenvalue weighted by Gasteiger charge is -2.23. The molecule has 1 rings (SSSR count). The van der Waals surface area contributed by atoms with Gasteiger partial charge in [0, 0.05) is 12.8 Å². The van der Waals surface area contributed by atoms with Gasteiger partial charge in [-0.15, -0.1) is 0 Å². The molecule has 0 bridgehead atoms. The smallest absolute Gasteiger partial charge is 0.306 e. The average molecular weight is 266 g/mol. The Hall–Kier alpha value is -1.55. The van der Waals surface area contributed by atoms with E-state index in [0.29, 0.717) is 19.4 Å². The van der Waals surface area contributed by atoms with Crippen LogP contribution in [0.25, 0.3) is 0 Å². The number of esters is 1. The lowest BCUT2D eigenvalue weighted by Crippen LogP contribution is -2.35. The van der Waals surface area contributed by atoms with Gasteiger partial charge in [-0.2, -0.15) is 0 Å². The van der Waals surface area contributed by atoms with Crippen molar-refractivity contribution < 1.29 is 19.1 Å². The Kier molecular flexibility index (Phi) is 5.83. The summed E-state index contributed by atoms with van der Waals surface area (Å²) in [7, 11) is 6.35. The molecule has 0 aliphatic rings. The van der Waals surface area contributed by atoms with Gasteiger partial charge in [0.2, 0.25) is 0 Å². The Labute approximate surface area is 115 Å². The lowest BCUT2D eigenvalue weighted by molar-refractivity contribution is -0.870. The highest BCUT2D eigenvalue weighted by atomic mass is 16.5. The number of aryl methyl sites for hydroxylation is 1. The number of carbonyl (C=O) groups is 1. The van der Waals surface area contributed by atoms with Crippen LogP contribution in [0, 0.1) is 0 Å². The number of benzene rings is 1. The van der Waals surface area contributed by atoms with Crippen molar-refractivity contribution in [2.75, 3.05) is 34.3 Å². The summed E-state index contributed by atoms with van der Waals surface area (Å²) in [5, 5.41) is 9.15. The van der Waals surface area contributed by atoms with E-state index in [1.54, 1.807) is 12.1 Å². The topological polar surface area (TPSA) is 46.5 Å². The molecule has 0 heterocycles. The van der Waals surface area contributed by atoms with E-state index in [2.05, 4.69) is 21.1 Å². The van der Waals surface area contributed by atoms with Gasteiger partial charge in [0.1, 0.15) is 5.75 Å². The molecule has 1 aromatic rings. The predicted octanol–water partition coefficient (Wildman–Crippen LogP) is 1.96. The molecule has 0 saturated heterocycles. The van der Waals surface area contributed by atoms with Crippen LogP contribution in [0.1, 0.15) is 18.4 Å². The van der Waals surface area contributed by atoms with E-state index in [1.165, 1.54) is 0 Å². The maximum atomic E-state index is 11.5. The molecule has 0 radical (unpaired) electrons. The van der Waals surface area contributed by atoms with E-state index in [0.717, 1.165) is 23.0 Å². The van der Waals surface area contributed by atoms with Crippen LogP contribution >= 0.6 is 0 Å². The van der Waals surface area contributed by atoms with Gasteiger partial charge < -0.3 is 14.3 Å². The van der Waals surface area contributed by atoms with Gasteiger partial charge in [-0.05, 0) is 24.1 Å². The van der Waals surface area contributed by atoms with Crippen molar-refractivity contribution in [1.82, 2.24) is 0 Å². The molecule has 0 fully saturated rings. The molecule has 106 valence electrons. The quantitative estimate of drug-likeness (QED) is 0.466. The average Bonchev–Trinajstić information content (AvgIpc) is 2.33. The van der Waals surface area contributed by atoms with Crippen LogP contribution < -0.4 is 0 Å². The fourth-order valence-electron chi connectivity index (χ4n) is 1.71. The van der Waals surface area contributed by atoms with Crippen molar-refractivity contribution in [2.45, 2.75) is 19.3 Å². The summed E-state index contributed by atoms with van der Waals surface area (Å²) in [6, 6.07) is 6.89. The van der Waals surface area contributed by atoms with Crippen molar-refractivity contribution >= 4 is 5.97 Å². The molecule has 0 aliphatic carbocycles. The molecule has 0 aliphatic heterocycles. The zero-order valence-electron chi connectivity index (χ0n) is 12.1. The van der Waals surface area contributed by atoms with Crippen LogP contribution in [0.2, 0.25) is 0 Å². The summed E-state index contributed by atoms with van der Waals surface area (Å²) in [6.45, 7) is 1.48. The zero-order chi connectivity index (χ0) is 14.3. The van der Waals surface area contributed by atoms with Gasteiger partial charge in [-0.1, -0.05) is 12.1 Å². The fourth-order valence-corrected chi connectivity index (χ4v) is 1.71. The number of hydrogen-bond acceptors (Lipinski definition) is 3. The molecule has 0 aromatic heterocycles. The van der Waals surface area contributed by atoms with E-state index >= 15 is 0 Å². The van der Waals surface area contributed by atoms with E-state index in [9.17, 15) is 4.79 Å². The third-order valence-corrected chi connectivity index (χ3v) is 2.79. The first-order valence-electron chi connectivity index (χ1n) is 6.61. The van der Waals surface area contributed by atoms with Gasteiger partial charge in [0.25, 0.3) is 0 Å². The number of nitrogens with zero attached hydrogens (tertiary/aromatic N) is 1. The molecule has 4 nitrogen and oxygen atoms in total.